The Morgan fingerprint density at radius 3 is 1.89 bits per heavy atom. The minimum Gasteiger partial charge on any atom is -0.459 e. The predicted octanol–water partition coefficient (Wildman–Crippen LogP) is 9.41. The molecule has 0 spiro atoms. The number of carbonyl (C=O) groups excluding carboxylic acids is 2. The number of carbonyl (C=O) groups is 2. The van der Waals surface area contributed by atoms with Crippen molar-refractivity contribution in [1.29, 1.82) is 0 Å². The fourth-order valence-electron chi connectivity index (χ4n) is 14.1. The lowest BCUT2D eigenvalue weighted by molar-refractivity contribution is -0.313. The summed E-state index contributed by atoms with van der Waals surface area (Å²) in [6.07, 6.45) is 14.8. The molecule has 2 saturated heterocycles. The van der Waals surface area contributed by atoms with Gasteiger partial charge in [0.25, 0.3) is 0 Å². The second-order valence-electron chi connectivity index (χ2n) is 21.7. The average Bonchev–Trinajstić information content (AvgIpc) is 3.75. The summed E-state index contributed by atoms with van der Waals surface area (Å²) in [4.78, 5) is 45.9. The quantitative estimate of drug-likeness (QED) is 0.0597. The normalized spacial score (nSPS) is 44.6. The van der Waals surface area contributed by atoms with Crippen LogP contribution < -0.4 is 0 Å². The summed E-state index contributed by atoms with van der Waals surface area (Å²) in [5.74, 6) is 2.19. The van der Waals surface area contributed by atoms with Gasteiger partial charge in [0.1, 0.15) is 35.9 Å². The maximum absolute atomic E-state index is 12.0. The highest BCUT2D eigenvalue weighted by Gasteiger charge is 2.65. The van der Waals surface area contributed by atoms with Crippen LogP contribution in [0.5, 0.6) is 0 Å². The molecule has 0 aromatic carbocycles. The molecule has 8 rings (SSSR count). The Bertz CT molecular complexity index is 1700. The second-order valence-corrected chi connectivity index (χ2v) is 21.7. The Labute approximate surface area is 377 Å². The van der Waals surface area contributed by atoms with E-state index in [9.17, 15) is 19.8 Å². The van der Waals surface area contributed by atoms with Crippen molar-refractivity contribution >= 4 is 11.9 Å². The molecule has 8 aliphatic rings. The smallest absolute Gasteiger partial charge is 0.305 e. The molecule has 7 fully saturated rings. The van der Waals surface area contributed by atoms with Crippen molar-refractivity contribution in [3.63, 3.8) is 0 Å². The standard InChI is InChI=1S/C26H42O6.C25H38O6/c1-6-8-16(3)31-32-18-9-11-25(4)17(13-18)14-20(27)23-19(25)10-12-26(5)21(15-29-24(23)26)30-22(28)7-2;1-6-7-15(2)30-31-18-8-10-24(4)17(12-18)13-20(27)22-19(24)9-11-25(5)21(29-16(3)26)14-28-23(22)25/h17-21,23-24,27H,3,6-15H2,1-2,4-5H3;13,18-23,27H,2,6-12,14H2,1,3-5H3/t17?,18-,19?,20-,21-,23?,24?,25-,26+;18-,19?,20-,21?,22?,23?,24-,25+/m00/s1. The van der Waals surface area contributed by atoms with E-state index in [0.717, 1.165) is 96.3 Å². The molecule has 0 aromatic rings. The van der Waals surface area contributed by atoms with E-state index < -0.39 is 12.2 Å². The second kappa shape index (κ2) is 19.4. The van der Waals surface area contributed by atoms with Crippen LogP contribution in [-0.2, 0) is 48.1 Å². The largest absolute Gasteiger partial charge is 0.459 e. The zero-order valence-electron chi connectivity index (χ0n) is 39.7. The van der Waals surface area contributed by atoms with Crippen molar-refractivity contribution < 1.29 is 58.3 Å². The van der Waals surface area contributed by atoms with Gasteiger partial charge in [0.15, 0.2) is 0 Å². The first kappa shape index (κ1) is 48.5. The summed E-state index contributed by atoms with van der Waals surface area (Å²) < 4.78 is 23.9. The van der Waals surface area contributed by atoms with Crippen LogP contribution in [0.1, 0.15) is 158 Å². The SMILES string of the molecule is C=C(CCC)OO[C@H]1CC[C@@]2(C)C(=C[C@H](O)C3C4OCC(OC(C)=O)[C@@]4(C)CCC32)C1.C=C(CCC)OO[C@H]1CC[C@@]2(C)C(C1)C[C@H](O)C1C2CC[C@@]2(C)C1OC[C@@H]2OC(=O)CC. The number of aliphatic hydroxyl groups is 2. The first-order chi connectivity index (χ1) is 29.9. The van der Waals surface area contributed by atoms with E-state index in [1.807, 2.05) is 13.0 Å². The van der Waals surface area contributed by atoms with E-state index in [1.165, 1.54) is 12.5 Å². The lowest BCUT2D eigenvalue weighted by Gasteiger charge is -2.61. The Morgan fingerprint density at radius 2 is 1.29 bits per heavy atom. The molecule has 0 radical (unpaired) electrons. The number of ether oxygens (including phenoxy) is 4. The molecule has 2 aliphatic heterocycles. The molecule has 0 aromatic heterocycles. The molecule has 0 amide bonds. The molecule has 356 valence electrons. The van der Waals surface area contributed by atoms with Crippen LogP contribution >= 0.6 is 0 Å². The van der Waals surface area contributed by atoms with Crippen molar-refractivity contribution in [3.8, 4) is 0 Å². The Balaban J connectivity index is 0.000000189. The molecule has 12 heteroatoms. The van der Waals surface area contributed by atoms with Gasteiger partial charge in [-0.1, -0.05) is 73.3 Å². The first-order valence-corrected chi connectivity index (χ1v) is 24.6. The van der Waals surface area contributed by atoms with Crippen LogP contribution in [0.15, 0.2) is 36.3 Å². The maximum Gasteiger partial charge on any atom is 0.305 e. The molecular formula is C51H80O12. The summed E-state index contributed by atoms with van der Waals surface area (Å²) >= 11 is 0. The third-order valence-corrected chi connectivity index (χ3v) is 17.8. The molecule has 0 bridgehead atoms. The number of allylic oxidation sites excluding steroid dienone is 2. The molecule has 8 unspecified atom stereocenters. The monoisotopic (exact) mass is 885 g/mol. The summed E-state index contributed by atoms with van der Waals surface area (Å²) in [5, 5.41) is 22.5. The highest BCUT2D eigenvalue weighted by atomic mass is 17.2. The lowest BCUT2D eigenvalue weighted by atomic mass is 9.45. The third kappa shape index (κ3) is 9.30. The molecule has 5 saturated carbocycles. The number of aliphatic hydroxyl groups excluding tert-OH is 2. The van der Waals surface area contributed by atoms with Crippen molar-refractivity contribution in [1.82, 2.24) is 0 Å². The summed E-state index contributed by atoms with van der Waals surface area (Å²) in [7, 11) is 0. The Morgan fingerprint density at radius 1 is 0.730 bits per heavy atom. The molecule has 2 heterocycles. The lowest BCUT2D eigenvalue weighted by Crippen LogP contribution is -2.61. The first-order valence-electron chi connectivity index (χ1n) is 24.6. The minimum atomic E-state index is -0.566. The number of hydrogen-bond acceptors (Lipinski definition) is 12. The van der Waals surface area contributed by atoms with Gasteiger partial charge < -0.3 is 38.9 Å². The van der Waals surface area contributed by atoms with Gasteiger partial charge in [-0.05, 0) is 112 Å². The highest BCUT2D eigenvalue weighted by molar-refractivity contribution is 5.69. The van der Waals surface area contributed by atoms with E-state index >= 15 is 0 Å². The van der Waals surface area contributed by atoms with E-state index in [-0.39, 0.29) is 82.1 Å². The van der Waals surface area contributed by atoms with Gasteiger partial charge in [0, 0.05) is 48.9 Å². The molecule has 6 aliphatic carbocycles. The molecule has 63 heavy (non-hydrogen) atoms. The fourth-order valence-corrected chi connectivity index (χ4v) is 14.1. The number of esters is 2. The number of rotatable bonds is 13. The van der Waals surface area contributed by atoms with Gasteiger partial charge in [-0.2, -0.15) is 9.78 Å². The molecule has 17 atom stereocenters. The summed E-state index contributed by atoms with van der Waals surface area (Å²) in [5.41, 5.74) is 0.995. The molecular weight excluding hydrogens is 805 g/mol. The van der Waals surface area contributed by atoms with Gasteiger partial charge in [0.05, 0.1) is 37.6 Å². The number of hydrogen-bond donors (Lipinski definition) is 2. The fraction of sp³-hybridized carbons (Fsp3) is 0.843. The highest BCUT2D eigenvalue weighted by Crippen LogP contribution is 2.65. The van der Waals surface area contributed by atoms with Crippen molar-refractivity contribution in [2.75, 3.05) is 13.2 Å². The topological polar surface area (TPSA) is 148 Å². The van der Waals surface area contributed by atoms with Gasteiger partial charge in [-0.3, -0.25) is 9.59 Å². The van der Waals surface area contributed by atoms with Crippen LogP contribution in [-0.4, -0.2) is 84.2 Å². The van der Waals surface area contributed by atoms with Gasteiger partial charge in [-0.15, -0.1) is 0 Å². The molecule has 2 N–H and O–H groups in total. The minimum absolute atomic E-state index is 0.0124. The van der Waals surface area contributed by atoms with Crippen LogP contribution in [0.3, 0.4) is 0 Å². The van der Waals surface area contributed by atoms with Crippen LogP contribution in [0.2, 0.25) is 0 Å². The Kier molecular flexibility index (Phi) is 14.9. The van der Waals surface area contributed by atoms with E-state index in [2.05, 4.69) is 54.7 Å². The van der Waals surface area contributed by atoms with Crippen molar-refractivity contribution in [2.45, 2.75) is 207 Å². The van der Waals surface area contributed by atoms with Crippen molar-refractivity contribution in [3.05, 3.63) is 36.3 Å². The van der Waals surface area contributed by atoms with Crippen LogP contribution in [0, 0.1) is 51.2 Å². The van der Waals surface area contributed by atoms with Crippen LogP contribution in [0.25, 0.3) is 0 Å². The van der Waals surface area contributed by atoms with Gasteiger partial charge in [-0.25, -0.2) is 0 Å². The predicted molar refractivity (Wildman–Crippen MR) is 236 cm³/mol. The zero-order chi connectivity index (χ0) is 45.5. The average molecular weight is 885 g/mol. The van der Waals surface area contributed by atoms with Gasteiger partial charge >= 0.3 is 11.9 Å². The Hall–Kier alpha value is -2.48. The number of fused-ring (bicyclic) bond motifs is 10. The van der Waals surface area contributed by atoms with E-state index in [4.69, 9.17) is 38.5 Å². The third-order valence-electron chi connectivity index (χ3n) is 17.8. The summed E-state index contributed by atoms with van der Waals surface area (Å²) in [6, 6.07) is 0. The molecule has 12 nitrogen and oxygen atoms in total. The summed E-state index contributed by atoms with van der Waals surface area (Å²) in [6.45, 7) is 25.3. The zero-order valence-corrected chi connectivity index (χ0v) is 39.7. The maximum atomic E-state index is 12.0. The van der Waals surface area contributed by atoms with E-state index in [0.29, 0.717) is 48.9 Å². The van der Waals surface area contributed by atoms with Crippen molar-refractivity contribution in [2.24, 2.45) is 51.2 Å². The van der Waals surface area contributed by atoms with Crippen LogP contribution in [0.4, 0.5) is 0 Å². The van der Waals surface area contributed by atoms with E-state index in [1.54, 1.807) is 0 Å². The van der Waals surface area contributed by atoms with Gasteiger partial charge in [0.2, 0.25) is 0 Å².